The van der Waals surface area contributed by atoms with Crippen LogP contribution in [0, 0.1) is 20.2 Å². The van der Waals surface area contributed by atoms with Crippen LogP contribution in [-0.2, 0) is 12.1 Å². The van der Waals surface area contributed by atoms with Gasteiger partial charge in [0, 0.05) is 0 Å². The van der Waals surface area contributed by atoms with E-state index in [-0.39, 0.29) is 12.1 Å². The molecule has 2 aromatic rings. The highest BCUT2D eigenvalue weighted by molar-refractivity contribution is 5.30. The molecule has 9 nitrogen and oxygen atoms in total. The molecule has 1 aromatic carbocycles. The van der Waals surface area contributed by atoms with Crippen molar-refractivity contribution >= 4 is 0 Å². The van der Waals surface area contributed by atoms with Crippen LogP contribution < -0.4 is 0 Å². The van der Waals surface area contributed by atoms with Crippen molar-refractivity contribution in [3.05, 3.63) is 61.9 Å². The molecule has 1 aliphatic rings. The van der Waals surface area contributed by atoms with Crippen LogP contribution in [0.4, 0.5) is 0 Å². The Hall–Kier alpha value is -2.84. The van der Waals surface area contributed by atoms with Crippen molar-refractivity contribution in [2.24, 2.45) is 0 Å². The highest BCUT2D eigenvalue weighted by atomic mass is 16.7. The average molecular weight is 289 g/mol. The van der Waals surface area contributed by atoms with E-state index in [0.29, 0.717) is 24.2 Å². The molecule has 0 fully saturated rings. The first kappa shape index (κ1) is 13.2. The molecule has 0 bridgehead atoms. The fraction of sp³-hybridized carbons (Fsp3) is 0.333. The molecule has 1 heterocycles. The van der Waals surface area contributed by atoms with Crippen LogP contribution in [0.1, 0.15) is 24.2 Å². The fourth-order valence-electron chi connectivity index (χ4n) is 2.54. The maximum Gasteiger partial charge on any atom is 0.504 e. The van der Waals surface area contributed by atoms with Gasteiger partial charge in [-0.05, 0) is 25.0 Å². The molecular weight excluding hydrogens is 278 g/mol. The number of hydrogen-bond donors (Lipinski definition) is 0. The summed E-state index contributed by atoms with van der Waals surface area (Å²) in [6.07, 6.45) is 0.613. The van der Waals surface area contributed by atoms with Crippen LogP contribution in [0.2, 0.25) is 0 Å². The topological polar surface area (TPSA) is 117 Å². The summed E-state index contributed by atoms with van der Waals surface area (Å²) in [7, 11) is 0. The maximum absolute atomic E-state index is 11.3. The first-order chi connectivity index (χ1) is 10.1. The number of fused-ring (bicyclic) bond motifs is 1. The van der Waals surface area contributed by atoms with Crippen molar-refractivity contribution in [2.75, 3.05) is 0 Å². The zero-order valence-electron chi connectivity index (χ0n) is 10.9. The molecule has 0 N–H and O–H groups in total. The lowest BCUT2D eigenvalue weighted by Gasteiger charge is -2.18. The third kappa shape index (κ3) is 1.85. The lowest BCUT2D eigenvalue weighted by Crippen LogP contribution is -2.46. The van der Waals surface area contributed by atoms with Gasteiger partial charge in [0.25, 0.3) is 0 Å². The van der Waals surface area contributed by atoms with Crippen molar-refractivity contribution < 1.29 is 9.85 Å². The highest BCUT2D eigenvalue weighted by Gasteiger charge is 2.63. The Labute approximate surface area is 118 Å². The molecular formula is C12H11N5O4. The molecule has 3 rings (SSSR count). The predicted octanol–water partition coefficient (Wildman–Crippen LogP) is 1.31. The monoisotopic (exact) mass is 289 g/mol. The van der Waals surface area contributed by atoms with Gasteiger partial charge in [-0.25, -0.2) is 0 Å². The smallest absolute Gasteiger partial charge is 0.258 e. The zero-order chi connectivity index (χ0) is 15.0. The van der Waals surface area contributed by atoms with E-state index in [1.807, 2.05) is 6.07 Å². The Morgan fingerprint density at radius 2 is 1.76 bits per heavy atom. The summed E-state index contributed by atoms with van der Waals surface area (Å²) in [5.41, 5.74) is -1.63. The van der Waals surface area contributed by atoms with Gasteiger partial charge in [-0.15, -0.1) is 5.10 Å². The normalized spacial score (nSPS) is 16.2. The van der Waals surface area contributed by atoms with Gasteiger partial charge in [0.05, 0.1) is 12.1 Å². The van der Waals surface area contributed by atoms with Gasteiger partial charge in [-0.1, -0.05) is 18.2 Å². The molecule has 0 amide bonds. The van der Waals surface area contributed by atoms with Crippen molar-refractivity contribution in [2.45, 2.75) is 24.9 Å². The fourth-order valence-corrected chi connectivity index (χ4v) is 2.54. The second-order valence-corrected chi connectivity index (χ2v) is 4.80. The van der Waals surface area contributed by atoms with Crippen LogP contribution in [0.3, 0.4) is 0 Å². The van der Waals surface area contributed by atoms with E-state index in [4.69, 9.17) is 0 Å². The molecule has 0 unspecified atom stereocenters. The van der Waals surface area contributed by atoms with Crippen molar-refractivity contribution in [1.82, 2.24) is 15.0 Å². The summed E-state index contributed by atoms with van der Waals surface area (Å²) in [5, 5.41) is 30.8. The summed E-state index contributed by atoms with van der Waals surface area (Å²) < 4.78 is 0. The van der Waals surface area contributed by atoms with E-state index in [1.54, 1.807) is 24.3 Å². The van der Waals surface area contributed by atoms with Crippen molar-refractivity contribution in [3.8, 4) is 5.69 Å². The zero-order valence-corrected chi connectivity index (χ0v) is 10.9. The van der Waals surface area contributed by atoms with E-state index in [1.165, 1.54) is 4.80 Å². The van der Waals surface area contributed by atoms with Gasteiger partial charge >= 0.3 is 5.66 Å². The maximum atomic E-state index is 11.3. The molecule has 1 aliphatic carbocycles. The van der Waals surface area contributed by atoms with E-state index in [2.05, 4.69) is 10.2 Å². The molecule has 9 heteroatoms. The van der Waals surface area contributed by atoms with Gasteiger partial charge in [0.15, 0.2) is 0 Å². The first-order valence-electron chi connectivity index (χ1n) is 6.37. The van der Waals surface area contributed by atoms with Gasteiger partial charge in [-0.2, -0.15) is 9.90 Å². The highest BCUT2D eigenvalue weighted by Crippen LogP contribution is 2.36. The summed E-state index contributed by atoms with van der Waals surface area (Å²) in [6, 6.07) is 8.81. The first-order valence-corrected chi connectivity index (χ1v) is 6.37. The van der Waals surface area contributed by atoms with E-state index >= 15 is 0 Å². The van der Waals surface area contributed by atoms with Crippen molar-refractivity contribution in [3.63, 3.8) is 0 Å². The summed E-state index contributed by atoms with van der Waals surface area (Å²) in [6.45, 7) is 0. The number of nitrogens with zero attached hydrogens (tertiary/aromatic N) is 5. The number of aromatic nitrogens is 3. The molecule has 108 valence electrons. The number of rotatable bonds is 3. The molecule has 0 atom stereocenters. The van der Waals surface area contributed by atoms with Crippen LogP contribution >= 0.6 is 0 Å². The summed E-state index contributed by atoms with van der Waals surface area (Å²) in [5.74, 6) is 0. The largest absolute Gasteiger partial charge is 0.504 e. The minimum absolute atomic E-state index is 0.160. The average Bonchev–Trinajstić information content (AvgIpc) is 2.91. The Balaban J connectivity index is 2.17. The number of aryl methyl sites for hydroxylation is 1. The van der Waals surface area contributed by atoms with Gasteiger partial charge in [0.1, 0.15) is 15.5 Å². The SMILES string of the molecule is O=[N+]([O-])C1([N+](=O)[O-])CCCc2nn(-c3ccccc3)nc21. The van der Waals surface area contributed by atoms with Gasteiger partial charge < -0.3 is 0 Å². The lowest BCUT2D eigenvalue weighted by molar-refractivity contribution is -0.813. The second kappa shape index (κ2) is 4.62. The molecule has 1 aromatic heterocycles. The number of hydrogen-bond acceptors (Lipinski definition) is 6. The molecule has 0 saturated heterocycles. The summed E-state index contributed by atoms with van der Waals surface area (Å²) in [4.78, 5) is 22.1. The minimum atomic E-state index is -2.39. The molecule has 0 spiro atoms. The summed E-state index contributed by atoms with van der Waals surface area (Å²) >= 11 is 0. The molecule has 0 saturated carbocycles. The quantitative estimate of drug-likeness (QED) is 0.477. The van der Waals surface area contributed by atoms with Crippen molar-refractivity contribution in [1.29, 1.82) is 0 Å². The number of benzene rings is 1. The molecule has 21 heavy (non-hydrogen) atoms. The van der Waals surface area contributed by atoms with E-state index in [0.717, 1.165) is 0 Å². The Morgan fingerprint density at radius 3 is 2.38 bits per heavy atom. The van der Waals surface area contributed by atoms with E-state index < -0.39 is 15.5 Å². The lowest BCUT2D eigenvalue weighted by atomic mass is 9.91. The predicted molar refractivity (Wildman–Crippen MR) is 70.0 cm³/mol. The number of para-hydroxylation sites is 1. The van der Waals surface area contributed by atoms with Gasteiger partial charge in [0.2, 0.25) is 5.69 Å². The van der Waals surface area contributed by atoms with Gasteiger partial charge in [-0.3, -0.25) is 20.2 Å². The minimum Gasteiger partial charge on any atom is -0.258 e. The third-order valence-electron chi connectivity index (χ3n) is 3.59. The van der Waals surface area contributed by atoms with Crippen LogP contribution in [0.15, 0.2) is 30.3 Å². The third-order valence-corrected chi connectivity index (χ3v) is 3.59. The van der Waals surface area contributed by atoms with E-state index in [9.17, 15) is 20.2 Å². The standard InChI is InChI=1S/C12H11N5O4/c18-16(19)12(17(20)21)8-4-7-10-11(12)14-15(13-10)9-5-2-1-3-6-9/h1-3,5-6H,4,7-8H2. The Bertz CT molecular complexity index is 698. The number of nitro groups is 2. The Kier molecular flexibility index (Phi) is 2.89. The Morgan fingerprint density at radius 1 is 1.10 bits per heavy atom. The van der Waals surface area contributed by atoms with Crippen LogP contribution in [0.25, 0.3) is 5.69 Å². The van der Waals surface area contributed by atoms with Crippen LogP contribution in [0.5, 0.6) is 0 Å². The van der Waals surface area contributed by atoms with Crippen LogP contribution in [-0.4, -0.2) is 24.8 Å². The second-order valence-electron chi connectivity index (χ2n) is 4.80. The molecule has 0 radical (unpaired) electrons. The molecule has 0 aliphatic heterocycles.